The Kier molecular flexibility index (Phi) is 6.99. The van der Waals surface area contributed by atoms with E-state index in [9.17, 15) is 0 Å². The quantitative estimate of drug-likeness (QED) is 0.528. The van der Waals surface area contributed by atoms with Gasteiger partial charge in [-0.1, -0.05) is 72.8 Å². The molecule has 0 fully saturated rings. The van der Waals surface area contributed by atoms with E-state index in [0.29, 0.717) is 0 Å². The van der Waals surface area contributed by atoms with Crippen molar-refractivity contribution in [2.75, 3.05) is 0 Å². The zero-order chi connectivity index (χ0) is 20.0. The maximum absolute atomic E-state index is 6.59. The summed E-state index contributed by atoms with van der Waals surface area (Å²) in [5.41, 5.74) is 5.91. The fraction of sp³-hybridized carbons (Fsp3) is 0.333. The van der Waals surface area contributed by atoms with E-state index in [0.717, 1.165) is 11.1 Å². The van der Waals surface area contributed by atoms with E-state index < -0.39 is 8.56 Å². The van der Waals surface area contributed by atoms with Gasteiger partial charge in [0.05, 0.1) is 11.2 Å². The molecule has 0 aliphatic rings. The van der Waals surface area contributed by atoms with Crippen LogP contribution in [0.1, 0.15) is 52.7 Å². The van der Waals surface area contributed by atoms with Crippen LogP contribution < -0.4 is 0 Å². The third-order valence-corrected chi connectivity index (χ3v) is 6.67. The molecule has 0 amide bonds. The van der Waals surface area contributed by atoms with Crippen molar-refractivity contribution in [1.82, 2.24) is 0 Å². The third kappa shape index (κ3) is 8.08. The monoisotopic (exact) mass is 380 g/mol. The van der Waals surface area contributed by atoms with Gasteiger partial charge in [0.15, 0.2) is 0 Å². The van der Waals surface area contributed by atoms with Gasteiger partial charge in [0.1, 0.15) is 0 Å². The predicted octanol–water partition coefficient (Wildman–Crippen LogP) is 6.56. The molecule has 3 heteroatoms. The molecule has 0 saturated carbocycles. The SMILES string of the molecule is CC(C)(C)O[Si](/C=C/c1ccccc1)(/C=C/c1ccccc1)OC(C)(C)C. The van der Waals surface area contributed by atoms with Gasteiger partial charge in [0.25, 0.3) is 0 Å². The Bertz CT molecular complexity index is 683. The standard InChI is InChI=1S/C24H32O2Si/c1-23(2,3)25-27(26-24(4,5)6,19-17-21-13-9-7-10-14-21)20-18-22-15-11-8-12-16-22/h7-20H,1-6H3/b19-17+,20-18+. The third-order valence-electron chi connectivity index (χ3n) is 3.55. The lowest BCUT2D eigenvalue weighted by atomic mass is 10.2. The molecule has 0 radical (unpaired) electrons. The van der Waals surface area contributed by atoms with Crippen molar-refractivity contribution in [3.63, 3.8) is 0 Å². The molecular weight excluding hydrogens is 348 g/mol. The number of rotatable bonds is 6. The van der Waals surface area contributed by atoms with Crippen molar-refractivity contribution in [3.8, 4) is 0 Å². The van der Waals surface area contributed by atoms with Crippen LogP contribution in [-0.4, -0.2) is 19.8 Å². The lowest BCUT2D eigenvalue weighted by Gasteiger charge is -2.37. The molecule has 0 aromatic heterocycles. The Morgan fingerprint density at radius 1 is 0.593 bits per heavy atom. The average Bonchev–Trinajstić information content (AvgIpc) is 2.57. The van der Waals surface area contributed by atoms with Crippen molar-refractivity contribution in [3.05, 3.63) is 83.2 Å². The normalized spacial score (nSPS) is 13.6. The van der Waals surface area contributed by atoms with Crippen LogP contribution in [0.4, 0.5) is 0 Å². The van der Waals surface area contributed by atoms with Crippen LogP contribution in [-0.2, 0) is 8.85 Å². The van der Waals surface area contributed by atoms with Crippen LogP contribution in [0, 0.1) is 0 Å². The largest absolute Gasteiger partial charge is 0.393 e. The highest BCUT2D eigenvalue weighted by molar-refractivity contribution is 6.79. The Morgan fingerprint density at radius 3 is 1.22 bits per heavy atom. The molecule has 0 spiro atoms. The predicted molar refractivity (Wildman–Crippen MR) is 118 cm³/mol. The average molecular weight is 381 g/mol. The van der Waals surface area contributed by atoms with Crippen LogP contribution in [0.15, 0.2) is 72.1 Å². The minimum atomic E-state index is -2.79. The Hall–Kier alpha value is -1.94. The van der Waals surface area contributed by atoms with Crippen molar-refractivity contribution >= 4 is 20.7 Å². The van der Waals surface area contributed by atoms with Gasteiger partial charge < -0.3 is 8.85 Å². The van der Waals surface area contributed by atoms with E-state index in [1.54, 1.807) is 0 Å². The molecule has 2 rings (SSSR count). The summed E-state index contributed by atoms with van der Waals surface area (Å²) in [6, 6.07) is 20.6. The summed E-state index contributed by atoms with van der Waals surface area (Å²) in [6.07, 6.45) is 4.22. The second-order valence-electron chi connectivity index (χ2n) is 8.64. The summed E-state index contributed by atoms with van der Waals surface area (Å²) < 4.78 is 13.2. The highest BCUT2D eigenvalue weighted by atomic mass is 28.4. The van der Waals surface area contributed by atoms with Crippen molar-refractivity contribution in [2.45, 2.75) is 52.7 Å². The second kappa shape index (κ2) is 8.83. The smallest absolute Gasteiger partial charge is 0.383 e. The molecule has 0 N–H and O–H groups in total. The molecule has 0 saturated heterocycles. The maximum atomic E-state index is 6.59. The summed E-state index contributed by atoms with van der Waals surface area (Å²) in [7, 11) is -2.79. The fourth-order valence-electron chi connectivity index (χ4n) is 2.72. The van der Waals surface area contributed by atoms with E-state index in [1.165, 1.54) is 0 Å². The Balaban J connectivity index is 2.47. The molecule has 0 aliphatic carbocycles. The first-order valence-electron chi connectivity index (χ1n) is 9.46. The summed E-state index contributed by atoms with van der Waals surface area (Å²) in [4.78, 5) is 0. The van der Waals surface area contributed by atoms with Crippen molar-refractivity contribution in [2.24, 2.45) is 0 Å². The van der Waals surface area contributed by atoms with Crippen LogP contribution in [0.25, 0.3) is 12.2 Å². The molecule has 144 valence electrons. The molecule has 2 aromatic carbocycles. The van der Waals surface area contributed by atoms with Crippen molar-refractivity contribution in [1.29, 1.82) is 0 Å². The molecule has 0 heterocycles. The topological polar surface area (TPSA) is 18.5 Å². The first-order valence-corrected chi connectivity index (χ1v) is 11.4. The van der Waals surface area contributed by atoms with Gasteiger partial charge in [-0.2, -0.15) is 0 Å². The number of hydrogen-bond donors (Lipinski definition) is 0. The van der Waals surface area contributed by atoms with Gasteiger partial charge in [0, 0.05) is 0 Å². The van der Waals surface area contributed by atoms with Crippen LogP contribution >= 0.6 is 0 Å². The van der Waals surface area contributed by atoms with Gasteiger partial charge in [-0.05, 0) is 64.1 Å². The molecule has 0 aliphatic heterocycles. The molecule has 2 aromatic rings. The summed E-state index contributed by atoms with van der Waals surface area (Å²) in [6.45, 7) is 12.5. The molecule has 2 nitrogen and oxygen atoms in total. The summed E-state index contributed by atoms with van der Waals surface area (Å²) in [5, 5.41) is 0. The highest BCUT2D eigenvalue weighted by Crippen LogP contribution is 2.27. The van der Waals surface area contributed by atoms with Gasteiger partial charge in [0.2, 0.25) is 0 Å². The zero-order valence-corrected chi connectivity index (χ0v) is 18.4. The van der Waals surface area contributed by atoms with Gasteiger partial charge in [-0.3, -0.25) is 0 Å². The van der Waals surface area contributed by atoms with Gasteiger partial charge in [-0.25, -0.2) is 0 Å². The zero-order valence-electron chi connectivity index (χ0n) is 17.4. The fourth-order valence-corrected chi connectivity index (χ4v) is 5.91. The van der Waals surface area contributed by atoms with Gasteiger partial charge >= 0.3 is 8.56 Å². The van der Waals surface area contributed by atoms with Crippen LogP contribution in [0.5, 0.6) is 0 Å². The maximum Gasteiger partial charge on any atom is 0.393 e. The molecule has 0 atom stereocenters. The Morgan fingerprint density at radius 2 is 0.926 bits per heavy atom. The van der Waals surface area contributed by atoms with Crippen LogP contribution in [0.2, 0.25) is 0 Å². The minimum Gasteiger partial charge on any atom is -0.383 e. The number of benzene rings is 2. The minimum absolute atomic E-state index is 0.320. The van der Waals surface area contributed by atoms with Crippen LogP contribution in [0.3, 0.4) is 0 Å². The lowest BCUT2D eigenvalue weighted by Crippen LogP contribution is -2.49. The number of hydrogen-bond acceptors (Lipinski definition) is 2. The molecule has 0 unspecified atom stereocenters. The highest BCUT2D eigenvalue weighted by Gasteiger charge is 2.40. The summed E-state index contributed by atoms with van der Waals surface area (Å²) in [5.74, 6) is 0. The molecule has 27 heavy (non-hydrogen) atoms. The Labute approximate surface area is 165 Å². The van der Waals surface area contributed by atoms with E-state index in [-0.39, 0.29) is 11.2 Å². The molecular formula is C24H32O2Si. The molecule has 0 bridgehead atoms. The van der Waals surface area contributed by atoms with E-state index in [1.807, 2.05) is 36.4 Å². The first kappa shape index (κ1) is 21.4. The second-order valence-corrected chi connectivity index (χ2v) is 11.2. The first-order chi connectivity index (χ1) is 12.6. The van der Waals surface area contributed by atoms with Gasteiger partial charge in [-0.15, -0.1) is 0 Å². The lowest BCUT2D eigenvalue weighted by molar-refractivity contribution is 0.0281. The van der Waals surface area contributed by atoms with E-state index in [2.05, 4.69) is 89.4 Å². The van der Waals surface area contributed by atoms with E-state index in [4.69, 9.17) is 8.85 Å². The summed E-state index contributed by atoms with van der Waals surface area (Å²) >= 11 is 0. The van der Waals surface area contributed by atoms with Crippen molar-refractivity contribution < 1.29 is 8.85 Å². The van der Waals surface area contributed by atoms with E-state index >= 15 is 0 Å².